The molecular formula is C83H80ClF5N24O22S2. The highest BCUT2D eigenvalue weighted by Crippen LogP contribution is 2.32. The number of carbonyl (C=O) groups excluding carboxylic acids is 15. The zero-order valence-corrected chi connectivity index (χ0v) is 74.8. The number of ether oxygens (including phenoxy) is 5. The summed E-state index contributed by atoms with van der Waals surface area (Å²) in [5.74, 6) is -8.63. The molecule has 5 saturated heterocycles. The number of rotatable bonds is 26. The molecule has 5 fully saturated rings. The maximum Gasteiger partial charge on any atom is 0.414 e. The zero-order chi connectivity index (χ0) is 99.0. The Hall–Kier alpha value is -16.8. The fourth-order valence-corrected chi connectivity index (χ4v) is 14.0. The van der Waals surface area contributed by atoms with Gasteiger partial charge in [0.2, 0.25) is 58.1 Å². The number of carbonyl (C=O) groups is 15. The zero-order valence-electron chi connectivity index (χ0n) is 72.4. The van der Waals surface area contributed by atoms with Crippen LogP contribution in [0.5, 0.6) is 0 Å². The van der Waals surface area contributed by atoms with Crippen molar-refractivity contribution in [2.24, 2.45) is 0 Å². The van der Waals surface area contributed by atoms with Crippen molar-refractivity contribution in [1.29, 1.82) is 0 Å². The quantitative estimate of drug-likeness (QED) is 0.00870. The summed E-state index contributed by atoms with van der Waals surface area (Å²) in [6.45, 7) is 10.4. The van der Waals surface area contributed by atoms with E-state index in [9.17, 15) is 104 Å². The molecule has 5 aliphatic heterocycles. The Morgan fingerprint density at radius 3 is 1.09 bits per heavy atom. The average Bonchev–Trinajstić information content (AvgIpc) is 1.64. The van der Waals surface area contributed by atoms with Crippen LogP contribution in [0.2, 0.25) is 5.15 Å². The lowest BCUT2D eigenvalue weighted by Crippen LogP contribution is -2.33. The highest BCUT2D eigenvalue weighted by Gasteiger charge is 2.39. The van der Waals surface area contributed by atoms with E-state index in [1.165, 1.54) is 184 Å². The number of benzene rings is 5. The third-order valence-electron chi connectivity index (χ3n) is 19.3. The molecule has 718 valence electrons. The van der Waals surface area contributed by atoms with Crippen LogP contribution < -0.4 is 86.7 Å². The van der Waals surface area contributed by atoms with Crippen LogP contribution in [0, 0.1) is 39.5 Å². The fraction of sp³-hybridized carbons (Fsp3) is 0.265. The van der Waals surface area contributed by atoms with E-state index in [1.807, 2.05) is 0 Å². The Kier molecular flexibility index (Phi) is 34.3. The smallest absolute Gasteiger partial charge is 0.414 e. The summed E-state index contributed by atoms with van der Waals surface area (Å²) in [6, 6.07) is 24.5. The van der Waals surface area contributed by atoms with Crippen molar-refractivity contribution in [3.05, 3.63) is 224 Å². The van der Waals surface area contributed by atoms with Gasteiger partial charge in [0.1, 0.15) is 88.3 Å². The van der Waals surface area contributed by atoms with Crippen LogP contribution in [0.15, 0.2) is 151 Å². The number of cyclic esters (lactones) is 5. The highest BCUT2D eigenvalue weighted by molar-refractivity contribution is 7.13. The maximum atomic E-state index is 14.7. The predicted molar refractivity (Wildman–Crippen MR) is 475 cm³/mol. The summed E-state index contributed by atoms with van der Waals surface area (Å²) in [5, 5.41) is 66.4. The van der Waals surface area contributed by atoms with Gasteiger partial charge in [-0.25, -0.2) is 51.0 Å². The predicted octanol–water partition coefficient (Wildman–Crippen LogP) is 6.85. The molecule has 46 nitrogen and oxygen atoms in total. The van der Waals surface area contributed by atoms with Gasteiger partial charge < -0.3 is 71.3 Å². The van der Waals surface area contributed by atoms with Crippen LogP contribution in [0.1, 0.15) is 93.3 Å². The minimum absolute atomic E-state index is 0.0761. The topological polar surface area (TPSA) is 577 Å². The van der Waals surface area contributed by atoms with Crippen LogP contribution in [-0.4, -0.2) is 228 Å². The third kappa shape index (κ3) is 27.7. The monoisotopic (exact) mass is 1960 g/mol. The molecule has 15 amide bonds. The second kappa shape index (κ2) is 46.6. The van der Waals surface area contributed by atoms with E-state index in [-0.39, 0.29) is 179 Å². The molecule has 0 aliphatic carbocycles. The summed E-state index contributed by atoms with van der Waals surface area (Å²) in [5.41, 5.74) is 3.42. The van der Waals surface area contributed by atoms with E-state index in [1.54, 1.807) is 6.92 Å². The van der Waals surface area contributed by atoms with Crippen LogP contribution in [0.25, 0.3) is 0 Å². The lowest BCUT2D eigenvalue weighted by atomic mass is 10.1. The molecule has 0 unspecified atom stereocenters. The minimum atomic E-state index is -0.859. The number of amides is 15. The SMILES string of the molecule is CC(=O)NC[C@H]1CN(c2ccc(C(=O)Nc3ccc(Cl)[n+]([O-])c3)c(F)c2)C(=O)O1.CC(=O)NC[C@H]1CN(c2ccc(C(=O)Nc3ccc[n+]([O-])c3)c(F)c2)C(=O)O1.CC(=O)NC[C@H]1CN(c2ccc(C(=O)Nc3ncn[nH]3)c(F)c2)C(=O)O1.CC(=O)NC[C@H]1CN(c2ccc(C(=O)Nc3nncs3)c(F)c2)C(=O)O1.CCN(C(=O)c1ccc(N2C[C@H](CNC(C)=O)OC2=O)cc1F)c1nncs1. The third-order valence-corrected chi connectivity index (χ3v) is 20.9. The van der Waals surface area contributed by atoms with Gasteiger partial charge in [0, 0.05) is 53.3 Å². The molecule has 0 saturated carbocycles. The Morgan fingerprint density at radius 1 is 0.453 bits per heavy atom. The fourth-order valence-electron chi connectivity index (χ4n) is 12.8. The lowest BCUT2D eigenvalue weighted by molar-refractivity contribution is -0.604. The van der Waals surface area contributed by atoms with Crippen molar-refractivity contribution in [3.8, 4) is 0 Å². The van der Waals surface area contributed by atoms with Crippen molar-refractivity contribution in [2.75, 3.05) is 123 Å². The maximum absolute atomic E-state index is 14.7. The summed E-state index contributed by atoms with van der Waals surface area (Å²) in [6.07, 6.45) is -1.39. The van der Waals surface area contributed by atoms with Crippen molar-refractivity contribution in [1.82, 2.24) is 62.2 Å². The standard InChI is InChI=1S/C18H16ClFN4O5.C18H17FN4O5.C17H18FN5O4S.C15H15FN6O4.C15H14FN5O4S/c1-10(25)21-7-13-9-23(18(27)29-13)12-3-4-14(15(20)6-12)17(26)22-11-2-5-16(19)24(28)8-11;1-11(24)20-8-14-10-23(18(26)28-14)13-4-5-15(16(19)7-13)17(25)21-12-3-2-6-22(27)9-12;1-3-22(16-21-20-9-28-16)15(25)13-5-4-11(6-14(13)18)23-8-12(27-17(23)26)7-19-10(2)24;1-8(23)17-5-10-6-22(15(25)26-10)9-2-3-11(12(16)4-9)13(24)20-14-18-7-19-21-14;1-8(22)17-5-10-6-21(15(24)25-10)9-2-3-11(12(16)4-9)13(23)19-14-20-18-7-26-14/h2-6,8,13H,7,9H2,1H3,(H,21,25)(H,22,26);2-7,9,14H,8,10H2,1H3,(H,20,24)(H,21,25);4-6,9,12H,3,7-8H2,1-2H3,(H,19,24);2-4,7,10H,5-6H2,1H3,(H,17,23)(H2,18,19,20,21,24);2-4,7,10H,5-6H2,1H3,(H,17,22)(H,19,20,23)/t13-;14-;12-;2*10-/m00000/s1. The molecule has 0 spiro atoms. The molecule has 15 rings (SSSR count). The summed E-state index contributed by atoms with van der Waals surface area (Å²) in [7, 11) is 0. The van der Waals surface area contributed by atoms with Crippen LogP contribution in [0.4, 0.5) is 102 Å². The minimum Gasteiger partial charge on any atom is -0.619 e. The molecular weight excluding hydrogens is 1880 g/mol. The highest BCUT2D eigenvalue weighted by atomic mass is 35.5. The van der Waals surface area contributed by atoms with E-state index < -0.39 is 120 Å². The normalized spacial score (nSPS) is 16.0. The molecule has 137 heavy (non-hydrogen) atoms. The number of halogens is 6. The molecule has 10 N–H and O–H groups in total. The number of hydrogen-bond acceptors (Lipinski definition) is 30. The number of hydrogen-bond donors (Lipinski definition) is 10. The number of aromatic amines is 1. The van der Waals surface area contributed by atoms with E-state index in [4.69, 9.17) is 35.3 Å². The van der Waals surface area contributed by atoms with Gasteiger partial charge in [0.25, 0.3) is 34.7 Å². The molecule has 0 bridgehead atoms. The number of nitrogens with one attached hydrogen (secondary N) is 10. The number of anilines is 10. The van der Waals surface area contributed by atoms with Crippen LogP contribution in [-0.2, 0) is 47.7 Å². The van der Waals surface area contributed by atoms with Gasteiger partial charge in [-0.05, 0) is 122 Å². The van der Waals surface area contributed by atoms with Gasteiger partial charge in [-0.3, -0.25) is 88.0 Å². The van der Waals surface area contributed by atoms with Crippen molar-refractivity contribution in [2.45, 2.75) is 72.1 Å². The Balaban J connectivity index is 0.000000164. The first-order valence-corrected chi connectivity index (χ1v) is 42.6. The average molecular weight is 1960 g/mol. The van der Waals surface area contributed by atoms with Gasteiger partial charge in [-0.1, -0.05) is 22.7 Å². The van der Waals surface area contributed by atoms with Crippen molar-refractivity contribution in [3.63, 3.8) is 0 Å². The Labute approximate surface area is 783 Å². The van der Waals surface area contributed by atoms with Crippen molar-refractivity contribution >= 4 is 180 Å². The molecule has 10 aromatic rings. The van der Waals surface area contributed by atoms with E-state index in [0.717, 1.165) is 54.1 Å². The first-order valence-electron chi connectivity index (χ1n) is 40.5. The largest absolute Gasteiger partial charge is 0.619 e. The molecule has 10 heterocycles. The lowest BCUT2D eigenvalue weighted by Gasteiger charge is -2.19. The number of nitrogens with zero attached hydrogens (tertiary/aromatic N) is 14. The van der Waals surface area contributed by atoms with E-state index in [2.05, 4.69) is 83.4 Å². The second-order valence-corrected chi connectivity index (χ2v) is 31.3. The number of pyridine rings is 2. The van der Waals surface area contributed by atoms with E-state index in [0.29, 0.717) is 21.1 Å². The molecule has 5 aromatic carbocycles. The number of aromatic nitrogens is 9. The van der Waals surface area contributed by atoms with Crippen molar-refractivity contribution < 1.29 is 127 Å². The molecule has 54 heteroatoms. The molecule has 5 aliphatic rings. The Morgan fingerprint density at radius 2 is 0.788 bits per heavy atom. The van der Waals surface area contributed by atoms with Gasteiger partial charge in [0.05, 0.1) is 122 Å². The summed E-state index contributed by atoms with van der Waals surface area (Å²) >= 11 is 7.89. The molecule has 0 radical (unpaired) electrons. The summed E-state index contributed by atoms with van der Waals surface area (Å²) < 4.78 is 98.8. The molecule has 5 aromatic heterocycles. The van der Waals surface area contributed by atoms with Crippen LogP contribution >= 0.6 is 34.3 Å². The molecule has 5 atom stereocenters. The van der Waals surface area contributed by atoms with Gasteiger partial charge >= 0.3 is 30.5 Å². The Bertz CT molecular complexity index is 6070. The van der Waals surface area contributed by atoms with Gasteiger partial charge in [-0.2, -0.15) is 19.5 Å². The van der Waals surface area contributed by atoms with Crippen LogP contribution in [0.3, 0.4) is 0 Å². The van der Waals surface area contributed by atoms with Gasteiger partial charge in [-0.15, -0.1) is 20.4 Å². The number of H-pyrrole nitrogens is 1. The summed E-state index contributed by atoms with van der Waals surface area (Å²) in [4.78, 5) is 187. The van der Waals surface area contributed by atoms with E-state index >= 15 is 0 Å². The van der Waals surface area contributed by atoms with Gasteiger partial charge in [0.15, 0.2) is 6.20 Å². The first-order chi connectivity index (χ1) is 65.3. The second-order valence-electron chi connectivity index (χ2n) is 29.3. The first kappa shape index (κ1) is 101.